The van der Waals surface area contributed by atoms with Crippen LogP contribution in [0.1, 0.15) is 17.8 Å². The smallest absolute Gasteiger partial charge is 0.234 e. The molecule has 0 aliphatic heterocycles. The maximum absolute atomic E-state index is 5.84. The van der Waals surface area contributed by atoms with E-state index in [1.54, 1.807) is 28.4 Å². The van der Waals surface area contributed by atoms with E-state index in [0.29, 0.717) is 11.6 Å². The van der Waals surface area contributed by atoms with E-state index in [1.807, 2.05) is 12.1 Å². The predicted octanol–water partition coefficient (Wildman–Crippen LogP) is 3.67. The molecular weight excluding hydrogens is 328 g/mol. The molecule has 0 unspecified atom stereocenters. The first-order valence-electron chi connectivity index (χ1n) is 6.42. The average molecular weight is 341 g/mol. The number of thioether (sulfide) groups is 1. The normalized spacial score (nSPS) is 11.1. The Morgan fingerprint density at radius 3 is 2.86 bits per heavy atom. The third kappa shape index (κ3) is 3.48. The van der Waals surface area contributed by atoms with Crippen LogP contribution >= 0.6 is 34.7 Å². The maximum atomic E-state index is 5.84. The first-order chi connectivity index (χ1) is 10.3. The van der Waals surface area contributed by atoms with Crippen molar-refractivity contribution in [2.45, 2.75) is 19.3 Å². The largest absolute Gasteiger partial charge is 0.486 e. The first-order valence-corrected chi connectivity index (χ1v) is 8.77. The molecule has 3 aromatic rings. The molecule has 0 aliphatic rings. The second kappa shape index (κ2) is 6.64. The van der Waals surface area contributed by atoms with E-state index >= 15 is 0 Å². The molecule has 0 saturated carbocycles. The Hall–Kier alpha value is -1.31. The molecule has 0 amide bonds. The fourth-order valence-corrected chi connectivity index (χ4v) is 3.17. The average Bonchev–Trinajstić information content (AvgIpc) is 3.05. The van der Waals surface area contributed by atoms with Gasteiger partial charge >= 0.3 is 0 Å². The van der Waals surface area contributed by atoms with Gasteiger partial charge in [-0.2, -0.15) is 21.4 Å². The van der Waals surface area contributed by atoms with Crippen LogP contribution in [0.25, 0.3) is 4.96 Å². The van der Waals surface area contributed by atoms with Gasteiger partial charge in [0, 0.05) is 5.02 Å². The molecule has 21 heavy (non-hydrogen) atoms. The van der Waals surface area contributed by atoms with Gasteiger partial charge < -0.3 is 4.74 Å². The SMILES string of the molecule is CCSCc1nnc2sc(COc3ccc(Cl)cc3)nn12. The Morgan fingerprint density at radius 2 is 2.10 bits per heavy atom. The second-order valence-corrected chi connectivity index (χ2v) is 6.94. The standard InChI is InChI=1S/C13H13ClN4OS2/c1-2-20-8-11-15-16-13-18(11)17-12(21-13)7-19-10-5-3-9(14)4-6-10/h3-6H,2,7-8H2,1H3. The highest BCUT2D eigenvalue weighted by Crippen LogP contribution is 2.20. The summed E-state index contributed by atoms with van der Waals surface area (Å²) in [6, 6.07) is 7.28. The Bertz CT molecular complexity index is 725. The van der Waals surface area contributed by atoms with Crippen molar-refractivity contribution < 1.29 is 4.74 Å². The summed E-state index contributed by atoms with van der Waals surface area (Å²) < 4.78 is 7.49. The van der Waals surface area contributed by atoms with Gasteiger partial charge in [-0.25, -0.2) is 0 Å². The summed E-state index contributed by atoms with van der Waals surface area (Å²) in [4.78, 5) is 0.802. The number of halogens is 1. The summed E-state index contributed by atoms with van der Waals surface area (Å²) in [5.74, 6) is 3.52. The topological polar surface area (TPSA) is 52.3 Å². The number of ether oxygens (including phenoxy) is 1. The molecule has 0 saturated heterocycles. The molecule has 5 nitrogen and oxygen atoms in total. The van der Waals surface area contributed by atoms with E-state index in [4.69, 9.17) is 16.3 Å². The van der Waals surface area contributed by atoms with Crippen LogP contribution in [0.15, 0.2) is 24.3 Å². The molecule has 1 aromatic carbocycles. The second-order valence-electron chi connectivity index (χ2n) is 4.19. The van der Waals surface area contributed by atoms with Crippen molar-refractivity contribution in [3.05, 3.63) is 40.1 Å². The highest BCUT2D eigenvalue weighted by atomic mass is 35.5. The monoisotopic (exact) mass is 340 g/mol. The summed E-state index contributed by atoms with van der Waals surface area (Å²) in [5.41, 5.74) is 0. The van der Waals surface area contributed by atoms with Crippen LogP contribution in [0.3, 0.4) is 0 Å². The number of benzene rings is 1. The van der Waals surface area contributed by atoms with E-state index in [-0.39, 0.29) is 0 Å². The minimum Gasteiger partial charge on any atom is -0.486 e. The molecule has 0 aliphatic carbocycles. The summed E-state index contributed by atoms with van der Waals surface area (Å²) >= 11 is 9.13. The molecular formula is C13H13ClN4OS2. The van der Waals surface area contributed by atoms with Gasteiger partial charge in [-0.15, -0.1) is 10.2 Å². The van der Waals surface area contributed by atoms with Crippen LogP contribution < -0.4 is 4.74 Å². The molecule has 2 aromatic heterocycles. The number of hydrogen-bond acceptors (Lipinski definition) is 6. The zero-order chi connectivity index (χ0) is 14.7. The molecule has 110 valence electrons. The Labute approximate surface area is 135 Å². The minimum atomic E-state index is 0.413. The van der Waals surface area contributed by atoms with Gasteiger partial charge in [0.2, 0.25) is 4.96 Å². The molecule has 0 fully saturated rings. The summed E-state index contributed by atoms with van der Waals surface area (Å²) in [7, 11) is 0. The molecule has 8 heteroatoms. The Morgan fingerprint density at radius 1 is 1.29 bits per heavy atom. The van der Waals surface area contributed by atoms with E-state index < -0.39 is 0 Å². The lowest BCUT2D eigenvalue weighted by atomic mass is 10.3. The fourth-order valence-electron chi connectivity index (χ4n) is 1.71. The maximum Gasteiger partial charge on any atom is 0.234 e. The van der Waals surface area contributed by atoms with Gasteiger partial charge in [0.1, 0.15) is 12.4 Å². The minimum absolute atomic E-state index is 0.413. The highest BCUT2D eigenvalue weighted by molar-refractivity contribution is 7.98. The van der Waals surface area contributed by atoms with Crippen LogP contribution in [0.2, 0.25) is 5.02 Å². The number of fused-ring (bicyclic) bond motifs is 1. The highest BCUT2D eigenvalue weighted by Gasteiger charge is 2.11. The van der Waals surface area contributed by atoms with E-state index in [9.17, 15) is 0 Å². The number of nitrogens with zero attached hydrogens (tertiary/aromatic N) is 4. The van der Waals surface area contributed by atoms with Crippen LogP contribution in [0.5, 0.6) is 5.75 Å². The lowest BCUT2D eigenvalue weighted by molar-refractivity contribution is 0.304. The molecule has 2 heterocycles. The quantitative estimate of drug-likeness (QED) is 0.685. The van der Waals surface area contributed by atoms with Gasteiger partial charge in [-0.3, -0.25) is 0 Å². The molecule has 0 bridgehead atoms. The van der Waals surface area contributed by atoms with Crippen molar-refractivity contribution in [1.29, 1.82) is 0 Å². The molecule has 0 spiro atoms. The summed E-state index contributed by atoms with van der Waals surface area (Å²) in [6.45, 7) is 2.53. The van der Waals surface area contributed by atoms with Crippen molar-refractivity contribution in [2.24, 2.45) is 0 Å². The van der Waals surface area contributed by atoms with Crippen LogP contribution in [0, 0.1) is 0 Å². The summed E-state index contributed by atoms with van der Waals surface area (Å²) in [6.07, 6.45) is 0. The number of aromatic nitrogens is 4. The Balaban J connectivity index is 1.69. The first kappa shape index (κ1) is 14.6. The van der Waals surface area contributed by atoms with Gasteiger partial charge in [0.05, 0.1) is 5.75 Å². The van der Waals surface area contributed by atoms with Crippen LogP contribution in [-0.2, 0) is 12.4 Å². The summed E-state index contributed by atoms with van der Waals surface area (Å²) in [5, 5.41) is 14.4. The number of hydrogen-bond donors (Lipinski definition) is 0. The lowest BCUT2D eigenvalue weighted by Crippen LogP contribution is -1.98. The van der Waals surface area contributed by atoms with Gasteiger partial charge in [0.15, 0.2) is 10.8 Å². The van der Waals surface area contributed by atoms with E-state index in [0.717, 1.165) is 33.0 Å². The third-order valence-electron chi connectivity index (χ3n) is 2.71. The van der Waals surface area contributed by atoms with Gasteiger partial charge in [0.25, 0.3) is 0 Å². The lowest BCUT2D eigenvalue weighted by Gasteiger charge is -2.02. The van der Waals surface area contributed by atoms with Crippen molar-refractivity contribution in [3.63, 3.8) is 0 Å². The zero-order valence-corrected chi connectivity index (χ0v) is 13.7. The molecule has 3 rings (SSSR count). The van der Waals surface area contributed by atoms with Crippen molar-refractivity contribution >= 4 is 39.7 Å². The predicted molar refractivity (Wildman–Crippen MR) is 86.3 cm³/mol. The molecule has 0 radical (unpaired) electrons. The fraction of sp³-hybridized carbons (Fsp3) is 0.308. The van der Waals surface area contributed by atoms with Crippen molar-refractivity contribution in [3.8, 4) is 5.75 Å². The number of rotatable bonds is 6. The van der Waals surface area contributed by atoms with E-state index in [1.165, 1.54) is 11.3 Å². The zero-order valence-electron chi connectivity index (χ0n) is 11.3. The van der Waals surface area contributed by atoms with Crippen molar-refractivity contribution in [2.75, 3.05) is 5.75 Å². The van der Waals surface area contributed by atoms with Crippen LogP contribution in [-0.4, -0.2) is 25.6 Å². The third-order valence-corrected chi connectivity index (χ3v) is 4.70. The molecule has 0 atom stereocenters. The van der Waals surface area contributed by atoms with Crippen molar-refractivity contribution in [1.82, 2.24) is 19.8 Å². The van der Waals surface area contributed by atoms with Crippen LogP contribution in [0.4, 0.5) is 0 Å². The van der Waals surface area contributed by atoms with E-state index in [2.05, 4.69) is 22.2 Å². The van der Waals surface area contributed by atoms with Gasteiger partial charge in [-0.05, 0) is 30.0 Å². The molecule has 0 N–H and O–H groups in total. The Kier molecular flexibility index (Phi) is 4.62. The van der Waals surface area contributed by atoms with Gasteiger partial charge in [-0.1, -0.05) is 29.9 Å².